The van der Waals surface area contributed by atoms with Crippen molar-refractivity contribution in [2.75, 3.05) is 18.0 Å². The van der Waals surface area contributed by atoms with E-state index in [-0.39, 0.29) is 0 Å². The zero-order valence-electron chi connectivity index (χ0n) is 9.16. The number of anilines is 1. The molecule has 1 heterocycles. The lowest BCUT2D eigenvalue weighted by atomic mass is 10.1. The van der Waals surface area contributed by atoms with Crippen molar-refractivity contribution < 1.29 is 0 Å². The van der Waals surface area contributed by atoms with Gasteiger partial charge in [-0.15, -0.1) is 0 Å². The topological polar surface area (TPSA) is 27.0 Å². The lowest BCUT2D eigenvalue weighted by Crippen LogP contribution is -2.17. The van der Waals surface area contributed by atoms with Gasteiger partial charge in [-0.3, -0.25) is 0 Å². The average Bonchev–Trinajstić information content (AvgIpc) is 2.81. The molecule has 0 aromatic heterocycles. The molecule has 0 atom stereocenters. The highest BCUT2D eigenvalue weighted by atomic mass is 15.1. The Balaban J connectivity index is 2.30. The second-order valence-corrected chi connectivity index (χ2v) is 4.00. The molecule has 1 saturated heterocycles. The third kappa shape index (κ3) is 1.97. The Morgan fingerprint density at radius 2 is 2.07 bits per heavy atom. The van der Waals surface area contributed by atoms with E-state index in [0.717, 1.165) is 30.6 Å². The minimum absolute atomic E-state index is 0.835. The van der Waals surface area contributed by atoms with E-state index >= 15 is 0 Å². The van der Waals surface area contributed by atoms with Crippen LogP contribution in [0.3, 0.4) is 0 Å². The standard InChI is InChI=1S/C13H16N2/c1-2-11-5-6-13(9-12(11)10-14)15-7-3-4-8-15/h5-6,9H,2-4,7-8H2,1H3. The third-order valence-electron chi connectivity index (χ3n) is 3.07. The molecule has 0 aliphatic carbocycles. The first-order chi connectivity index (χ1) is 7.35. The highest BCUT2D eigenvalue weighted by molar-refractivity contribution is 5.55. The molecule has 1 fully saturated rings. The Morgan fingerprint density at radius 1 is 1.33 bits per heavy atom. The first kappa shape index (κ1) is 10.0. The first-order valence-corrected chi connectivity index (χ1v) is 5.63. The number of rotatable bonds is 2. The van der Waals surface area contributed by atoms with Crippen molar-refractivity contribution in [2.45, 2.75) is 26.2 Å². The van der Waals surface area contributed by atoms with E-state index in [9.17, 15) is 0 Å². The van der Waals surface area contributed by atoms with Crippen LogP contribution in [0.1, 0.15) is 30.9 Å². The van der Waals surface area contributed by atoms with Crippen LogP contribution in [-0.2, 0) is 6.42 Å². The molecule has 0 saturated carbocycles. The van der Waals surface area contributed by atoms with Crippen LogP contribution in [0.5, 0.6) is 0 Å². The van der Waals surface area contributed by atoms with Crippen molar-refractivity contribution in [1.82, 2.24) is 0 Å². The number of hydrogen-bond acceptors (Lipinski definition) is 2. The fourth-order valence-electron chi connectivity index (χ4n) is 2.15. The molecule has 1 aromatic carbocycles. The molecule has 0 spiro atoms. The fraction of sp³-hybridized carbons (Fsp3) is 0.462. The Bertz CT molecular complexity index is 384. The molecule has 2 rings (SSSR count). The molecule has 2 nitrogen and oxygen atoms in total. The van der Waals surface area contributed by atoms with Gasteiger partial charge in [-0.05, 0) is 37.0 Å². The zero-order chi connectivity index (χ0) is 10.7. The summed E-state index contributed by atoms with van der Waals surface area (Å²) in [6.45, 7) is 4.36. The number of nitrogens with zero attached hydrogens (tertiary/aromatic N) is 2. The van der Waals surface area contributed by atoms with Gasteiger partial charge in [-0.1, -0.05) is 13.0 Å². The largest absolute Gasteiger partial charge is 0.371 e. The lowest BCUT2D eigenvalue weighted by molar-refractivity contribution is 0.949. The van der Waals surface area contributed by atoms with E-state index in [1.807, 2.05) is 6.07 Å². The predicted molar refractivity (Wildman–Crippen MR) is 62.0 cm³/mol. The van der Waals surface area contributed by atoms with Crippen molar-refractivity contribution in [3.05, 3.63) is 29.3 Å². The van der Waals surface area contributed by atoms with Crippen molar-refractivity contribution in [3.8, 4) is 6.07 Å². The summed E-state index contributed by atoms with van der Waals surface area (Å²) in [6, 6.07) is 8.55. The second-order valence-electron chi connectivity index (χ2n) is 4.00. The fourth-order valence-corrected chi connectivity index (χ4v) is 2.15. The molecule has 78 valence electrons. The molecule has 1 aromatic rings. The normalized spacial score (nSPS) is 15.3. The summed E-state index contributed by atoms with van der Waals surface area (Å²) in [7, 11) is 0. The number of nitriles is 1. The van der Waals surface area contributed by atoms with Crippen LogP contribution in [0.4, 0.5) is 5.69 Å². The van der Waals surface area contributed by atoms with Crippen LogP contribution in [-0.4, -0.2) is 13.1 Å². The molecule has 0 unspecified atom stereocenters. The van der Waals surface area contributed by atoms with E-state index < -0.39 is 0 Å². The third-order valence-corrected chi connectivity index (χ3v) is 3.07. The maximum absolute atomic E-state index is 9.05. The van der Waals surface area contributed by atoms with Crippen molar-refractivity contribution in [1.29, 1.82) is 5.26 Å². The number of benzene rings is 1. The van der Waals surface area contributed by atoms with E-state index in [0.29, 0.717) is 0 Å². The van der Waals surface area contributed by atoms with Gasteiger partial charge >= 0.3 is 0 Å². The molecule has 0 bridgehead atoms. The van der Waals surface area contributed by atoms with Gasteiger partial charge in [0.05, 0.1) is 11.6 Å². The summed E-state index contributed by atoms with van der Waals surface area (Å²) >= 11 is 0. The van der Waals surface area contributed by atoms with Gasteiger partial charge < -0.3 is 4.90 Å². The summed E-state index contributed by atoms with van der Waals surface area (Å²) in [5, 5.41) is 9.05. The van der Waals surface area contributed by atoms with Crippen molar-refractivity contribution >= 4 is 5.69 Å². The molecule has 1 aliphatic heterocycles. The van der Waals surface area contributed by atoms with Crippen LogP contribution in [0.15, 0.2) is 18.2 Å². The van der Waals surface area contributed by atoms with Crippen LogP contribution < -0.4 is 4.90 Å². The first-order valence-electron chi connectivity index (χ1n) is 5.63. The van der Waals surface area contributed by atoms with Gasteiger partial charge in [0.2, 0.25) is 0 Å². The SMILES string of the molecule is CCc1ccc(N2CCCC2)cc1C#N. The Morgan fingerprint density at radius 3 is 2.67 bits per heavy atom. The maximum atomic E-state index is 9.05. The quantitative estimate of drug-likeness (QED) is 0.734. The van der Waals surface area contributed by atoms with Gasteiger partial charge in [0, 0.05) is 18.8 Å². The van der Waals surface area contributed by atoms with E-state index in [1.54, 1.807) is 0 Å². The van der Waals surface area contributed by atoms with Gasteiger partial charge in [0.1, 0.15) is 0 Å². The minimum Gasteiger partial charge on any atom is -0.371 e. The highest BCUT2D eigenvalue weighted by Gasteiger charge is 2.13. The van der Waals surface area contributed by atoms with E-state index in [2.05, 4.69) is 30.0 Å². The van der Waals surface area contributed by atoms with E-state index in [4.69, 9.17) is 5.26 Å². The second kappa shape index (κ2) is 4.35. The zero-order valence-corrected chi connectivity index (χ0v) is 9.16. The van der Waals surface area contributed by atoms with Gasteiger partial charge in [-0.25, -0.2) is 0 Å². The molecule has 0 radical (unpaired) electrons. The van der Waals surface area contributed by atoms with Gasteiger partial charge in [0.15, 0.2) is 0 Å². The van der Waals surface area contributed by atoms with Gasteiger partial charge in [0.25, 0.3) is 0 Å². The number of hydrogen-bond donors (Lipinski definition) is 0. The summed E-state index contributed by atoms with van der Waals surface area (Å²) < 4.78 is 0. The number of aryl methyl sites for hydroxylation is 1. The Labute approximate surface area is 91.1 Å². The minimum atomic E-state index is 0.835. The summed E-state index contributed by atoms with van der Waals surface area (Å²) in [5.74, 6) is 0. The van der Waals surface area contributed by atoms with Crippen LogP contribution >= 0.6 is 0 Å². The van der Waals surface area contributed by atoms with E-state index in [1.165, 1.54) is 18.5 Å². The summed E-state index contributed by atoms with van der Waals surface area (Å²) in [4.78, 5) is 2.36. The molecule has 15 heavy (non-hydrogen) atoms. The molecule has 0 amide bonds. The Kier molecular flexibility index (Phi) is 2.91. The average molecular weight is 200 g/mol. The smallest absolute Gasteiger partial charge is 0.0995 e. The summed E-state index contributed by atoms with van der Waals surface area (Å²) in [5.41, 5.74) is 3.20. The monoisotopic (exact) mass is 200 g/mol. The molecular weight excluding hydrogens is 184 g/mol. The maximum Gasteiger partial charge on any atom is 0.0995 e. The molecular formula is C13H16N2. The summed E-state index contributed by atoms with van der Waals surface area (Å²) in [6.07, 6.45) is 3.48. The highest BCUT2D eigenvalue weighted by Crippen LogP contribution is 2.23. The lowest BCUT2D eigenvalue weighted by Gasteiger charge is -2.18. The molecule has 1 aliphatic rings. The predicted octanol–water partition coefficient (Wildman–Crippen LogP) is 2.72. The molecule has 0 N–H and O–H groups in total. The van der Waals surface area contributed by atoms with Crippen molar-refractivity contribution in [2.24, 2.45) is 0 Å². The van der Waals surface area contributed by atoms with Crippen LogP contribution in [0.2, 0.25) is 0 Å². The van der Waals surface area contributed by atoms with Crippen LogP contribution in [0.25, 0.3) is 0 Å². The van der Waals surface area contributed by atoms with Crippen LogP contribution in [0, 0.1) is 11.3 Å². The Hall–Kier alpha value is -1.49. The van der Waals surface area contributed by atoms with Gasteiger partial charge in [-0.2, -0.15) is 5.26 Å². The molecule has 2 heteroatoms. The van der Waals surface area contributed by atoms with Crippen molar-refractivity contribution in [3.63, 3.8) is 0 Å².